The van der Waals surface area contributed by atoms with E-state index in [9.17, 15) is 4.79 Å². The molecule has 0 aliphatic heterocycles. The second-order valence-corrected chi connectivity index (χ2v) is 4.67. The molecule has 0 radical (unpaired) electrons. The van der Waals surface area contributed by atoms with Gasteiger partial charge in [0, 0.05) is 19.5 Å². The number of nitrogens with one attached hydrogen (secondary N) is 1. The van der Waals surface area contributed by atoms with Gasteiger partial charge in [-0.15, -0.1) is 0 Å². The van der Waals surface area contributed by atoms with Crippen molar-refractivity contribution in [1.82, 2.24) is 20.1 Å². The molecule has 0 spiro atoms. The maximum atomic E-state index is 11.7. The summed E-state index contributed by atoms with van der Waals surface area (Å²) in [5.74, 6) is 0.567. The Morgan fingerprint density at radius 2 is 2.15 bits per heavy atom. The lowest BCUT2D eigenvalue weighted by atomic mass is 10.0. The van der Waals surface area contributed by atoms with Crippen LogP contribution in [0, 0.1) is 0 Å². The molecule has 1 amide bonds. The lowest BCUT2D eigenvalue weighted by Crippen LogP contribution is -2.24. The Bertz CT molecular complexity index is 552. The van der Waals surface area contributed by atoms with E-state index in [1.54, 1.807) is 18.1 Å². The maximum Gasteiger partial charge on any atom is 0.220 e. The van der Waals surface area contributed by atoms with Crippen LogP contribution in [0.3, 0.4) is 0 Å². The molecule has 1 aromatic heterocycles. The third-order valence-corrected chi connectivity index (χ3v) is 3.00. The van der Waals surface area contributed by atoms with Gasteiger partial charge in [-0.05, 0) is 12.0 Å². The van der Waals surface area contributed by atoms with Crippen molar-refractivity contribution in [2.45, 2.75) is 25.4 Å². The zero-order valence-corrected chi connectivity index (χ0v) is 11.5. The van der Waals surface area contributed by atoms with Crippen molar-refractivity contribution in [2.75, 3.05) is 0 Å². The van der Waals surface area contributed by atoms with Crippen LogP contribution < -0.4 is 11.1 Å². The van der Waals surface area contributed by atoms with Gasteiger partial charge < -0.3 is 11.1 Å². The highest BCUT2D eigenvalue weighted by Gasteiger charge is 2.09. The van der Waals surface area contributed by atoms with E-state index >= 15 is 0 Å². The molecule has 0 saturated carbocycles. The summed E-state index contributed by atoms with van der Waals surface area (Å²) in [7, 11) is 1.79. The average molecular weight is 273 g/mol. The third-order valence-electron chi connectivity index (χ3n) is 3.00. The molecule has 0 saturated heterocycles. The van der Waals surface area contributed by atoms with E-state index in [-0.39, 0.29) is 11.9 Å². The summed E-state index contributed by atoms with van der Waals surface area (Å²) in [6.07, 6.45) is 2.61. The Hall–Kier alpha value is -2.21. The van der Waals surface area contributed by atoms with Crippen LogP contribution >= 0.6 is 0 Å². The molecule has 1 heterocycles. The number of rotatable bonds is 6. The normalized spacial score (nSPS) is 12.1. The first kappa shape index (κ1) is 14.2. The highest BCUT2D eigenvalue weighted by molar-refractivity contribution is 5.75. The first-order valence-electron chi connectivity index (χ1n) is 6.57. The monoisotopic (exact) mass is 273 g/mol. The number of carbonyl (C=O) groups excluding carboxylic acids is 1. The van der Waals surface area contributed by atoms with Gasteiger partial charge in [0.15, 0.2) is 5.82 Å². The first-order chi connectivity index (χ1) is 9.65. The Morgan fingerprint density at radius 3 is 2.80 bits per heavy atom. The average Bonchev–Trinajstić information content (AvgIpc) is 2.89. The van der Waals surface area contributed by atoms with E-state index in [1.807, 2.05) is 30.3 Å². The SMILES string of the molecule is Cn1cnc(CNC(=O)CCC(N)c2ccccc2)n1. The van der Waals surface area contributed by atoms with E-state index in [0.717, 1.165) is 5.56 Å². The minimum atomic E-state index is -0.116. The number of nitrogens with zero attached hydrogens (tertiary/aromatic N) is 3. The van der Waals surface area contributed by atoms with Gasteiger partial charge in [-0.25, -0.2) is 4.98 Å². The van der Waals surface area contributed by atoms with Crippen molar-refractivity contribution in [1.29, 1.82) is 0 Å². The van der Waals surface area contributed by atoms with Crippen molar-refractivity contribution in [3.8, 4) is 0 Å². The van der Waals surface area contributed by atoms with E-state index in [0.29, 0.717) is 25.2 Å². The molecular weight excluding hydrogens is 254 g/mol. The molecule has 20 heavy (non-hydrogen) atoms. The number of benzene rings is 1. The van der Waals surface area contributed by atoms with Crippen molar-refractivity contribution in [2.24, 2.45) is 12.8 Å². The molecule has 0 fully saturated rings. The van der Waals surface area contributed by atoms with Gasteiger partial charge in [-0.2, -0.15) is 5.10 Å². The van der Waals surface area contributed by atoms with Crippen LogP contribution in [-0.2, 0) is 18.4 Å². The molecule has 106 valence electrons. The smallest absolute Gasteiger partial charge is 0.220 e. The predicted octanol–water partition coefficient (Wildman–Crippen LogP) is 0.911. The molecule has 1 unspecified atom stereocenters. The highest BCUT2D eigenvalue weighted by atomic mass is 16.1. The van der Waals surface area contributed by atoms with Crippen molar-refractivity contribution in [3.63, 3.8) is 0 Å². The number of nitrogens with two attached hydrogens (primary N) is 1. The minimum absolute atomic E-state index is 0.0381. The van der Waals surface area contributed by atoms with Crippen molar-refractivity contribution in [3.05, 3.63) is 48.0 Å². The van der Waals surface area contributed by atoms with Crippen LogP contribution in [0.25, 0.3) is 0 Å². The fraction of sp³-hybridized carbons (Fsp3) is 0.357. The second kappa shape index (κ2) is 6.81. The number of hydrogen-bond acceptors (Lipinski definition) is 4. The summed E-state index contributed by atoms with van der Waals surface area (Å²) in [5, 5.41) is 6.88. The number of aromatic nitrogens is 3. The van der Waals surface area contributed by atoms with Gasteiger partial charge in [0.05, 0.1) is 6.54 Å². The van der Waals surface area contributed by atoms with Crippen molar-refractivity contribution >= 4 is 5.91 Å². The summed E-state index contributed by atoms with van der Waals surface area (Å²) < 4.78 is 1.60. The van der Waals surface area contributed by atoms with Crippen molar-refractivity contribution < 1.29 is 4.79 Å². The molecule has 2 aromatic rings. The van der Waals surface area contributed by atoms with Crippen LogP contribution in [0.4, 0.5) is 0 Å². The minimum Gasteiger partial charge on any atom is -0.349 e. The Kier molecular flexibility index (Phi) is 4.84. The molecule has 0 bridgehead atoms. The van der Waals surface area contributed by atoms with Crippen LogP contribution in [0.15, 0.2) is 36.7 Å². The highest BCUT2D eigenvalue weighted by Crippen LogP contribution is 2.14. The molecule has 3 N–H and O–H groups in total. The standard InChI is InChI=1S/C14H19N5O/c1-19-10-17-13(18-19)9-16-14(20)8-7-12(15)11-5-3-2-4-6-11/h2-6,10,12H,7-9,15H2,1H3,(H,16,20). The first-order valence-corrected chi connectivity index (χ1v) is 6.57. The molecule has 1 atom stereocenters. The number of carbonyl (C=O) groups is 1. The molecule has 0 aliphatic carbocycles. The molecular formula is C14H19N5O. The second-order valence-electron chi connectivity index (χ2n) is 4.67. The topological polar surface area (TPSA) is 85.8 Å². The zero-order valence-electron chi connectivity index (χ0n) is 11.5. The lowest BCUT2D eigenvalue weighted by molar-refractivity contribution is -0.121. The Labute approximate surface area is 118 Å². The summed E-state index contributed by atoms with van der Waals surface area (Å²) >= 11 is 0. The quantitative estimate of drug-likeness (QED) is 0.819. The summed E-state index contributed by atoms with van der Waals surface area (Å²) in [4.78, 5) is 15.8. The predicted molar refractivity (Wildman–Crippen MR) is 75.5 cm³/mol. The lowest BCUT2D eigenvalue weighted by Gasteiger charge is -2.11. The summed E-state index contributed by atoms with van der Waals surface area (Å²) in [6.45, 7) is 0.347. The van der Waals surface area contributed by atoms with E-state index in [4.69, 9.17) is 5.73 Å². The molecule has 0 aliphatic rings. The maximum absolute atomic E-state index is 11.7. The van der Waals surface area contributed by atoms with Gasteiger partial charge in [0.1, 0.15) is 6.33 Å². The van der Waals surface area contributed by atoms with Gasteiger partial charge in [-0.3, -0.25) is 9.48 Å². The molecule has 1 aromatic carbocycles. The van der Waals surface area contributed by atoms with Crippen LogP contribution in [0.1, 0.15) is 30.3 Å². The van der Waals surface area contributed by atoms with Gasteiger partial charge >= 0.3 is 0 Å². The van der Waals surface area contributed by atoms with E-state index in [1.165, 1.54) is 0 Å². The molecule has 6 heteroatoms. The third kappa shape index (κ3) is 4.17. The number of hydrogen-bond donors (Lipinski definition) is 2. The molecule has 2 rings (SSSR count). The van der Waals surface area contributed by atoms with Crippen LogP contribution in [-0.4, -0.2) is 20.7 Å². The van der Waals surface area contributed by atoms with E-state index in [2.05, 4.69) is 15.4 Å². The number of aryl methyl sites for hydroxylation is 1. The summed E-state index contributed by atoms with van der Waals surface area (Å²) in [6, 6.07) is 9.67. The van der Waals surface area contributed by atoms with Gasteiger partial charge in [0.2, 0.25) is 5.91 Å². The van der Waals surface area contributed by atoms with E-state index < -0.39 is 0 Å². The van der Waals surface area contributed by atoms with Gasteiger partial charge in [0.25, 0.3) is 0 Å². The van der Waals surface area contributed by atoms with Crippen LogP contribution in [0.2, 0.25) is 0 Å². The largest absolute Gasteiger partial charge is 0.349 e. The summed E-state index contributed by atoms with van der Waals surface area (Å²) in [5.41, 5.74) is 7.09. The van der Waals surface area contributed by atoms with Gasteiger partial charge in [-0.1, -0.05) is 30.3 Å². The number of amides is 1. The fourth-order valence-electron chi connectivity index (χ4n) is 1.88. The molecule has 6 nitrogen and oxygen atoms in total. The fourth-order valence-corrected chi connectivity index (χ4v) is 1.88. The van der Waals surface area contributed by atoms with Crippen LogP contribution in [0.5, 0.6) is 0 Å². The Balaban J connectivity index is 1.72. The zero-order chi connectivity index (χ0) is 14.4. The Morgan fingerprint density at radius 1 is 1.40 bits per heavy atom.